The van der Waals surface area contributed by atoms with Crippen LogP contribution in [0.5, 0.6) is 23.0 Å². The predicted octanol–water partition coefficient (Wildman–Crippen LogP) is 2.78. The van der Waals surface area contributed by atoms with Crippen molar-refractivity contribution < 1.29 is 29.2 Å². The molecule has 2 aromatic carbocycles. The van der Waals surface area contributed by atoms with Crippen molar-refractivity contribution in [1.29, 1.82) is 0 Å². The average molecular weight is 374 g/mol. The Morgan fingerprint density at radius 3 is 2.22 bits per heavy atom. The molecule has 3 rings (SSSR count). The van der Waals surface area contributed by atoms with Crippen molar-refractivity contribution in [3.05, 3.63) is 47.5 Å². The van der Waals surface area contributed by atoms with Crippen LogP contribution in [0.2, 0.25) is 0 Å². The van der Waals surface area contributed by atoms with Crippen molar-refractivity contribution in [3.8, 4) is 23.0 Å². The lowest BCUT2D eigenvalue weighted by Gasteiger charge is -2.21. The summed E-state index contributed by atoms with van der Waals surface area (Å²) in [7, 11) is 4.75. The first-order valence-corrected chi connectivity index (χ1v) is 8.92. The summed E-state index contributed by atoms with van der Waals surface area (Å²) in [5, 5.41) is 20.1. The van der Waals surface area contributed by atoms with E-state index in [1.807, 2.05) is 24.3 Å². The van der Waals surface area contributed by atoms with E-state index in [0.717, 1.165) is 17.5 Å². The highest BCUT2D eigenvalue weighted by molar-refractivity contribution is 5.43. The number of hydrogen-bond acceptors (Lipinski definition) is 6. The number of phenolic OH excluding ortho intramolecular Hbond substituents is 1. The molecule has 1 aliphatic heterocycles. The predicted molar refractivity (Wildman–Crippen MR) is 101 cm³/mol. The minimum atomic E-state index is -0.810. The van der Waals surface area contributed by atoms with Crippen LogP contribution in [0.15, 0.2) is 36.4 Å². The molecule has 1 aliphatic rings. The Kier molecular flexibility index (Phi) is 6.08. The SMILES string of the molecule is COc1cc(CC2C(Cc3ccc(OC)c(OC)c3)COC2O)ccc1O. The third kappa shape index (κ3) is 4.28. The van der Waals surface area contributed by atoms with E-state index in [1.54, 1.807) is 26.4 Å². The van der Waals surface area contributed by atoms with Gasteiger partial charge in [0.05, 0.1) is 27.9 Å². The Balaban J connectivity index is 1.75. The van der Waals surface area contributed by atoms with Crippen molar-refractivity contribution in [2.24, 2.45) is 11.8 Å². The lowest BCUT2D eigenvalue weighted by Crippen LogP contribution is -2.24. The fraction of sp³-hybridized carbons (Fsp3) is 0.429. The van der Waals surface area contributed by atoms with Crippen LogP contribution < -0.4 is 14.2 Å². The maximum Gasteiger partial charge on any atom is 0.160 e. The molecule has 27 heavy (non-hydrogen) atoms. The number of aliphatic hydroxyl groups is 1. The van der Waals surface area contributed by atoms with Crippen LogP contribution in [0.1, 0.15) is 11.1 Å². The summed E-state index contributed by atoms with van der Waals surface area (Å²) in [6.07, 6.45) is 0.586. The molecular weight excluding hydrogens is 348 g/mol. The standard InChI is InChI=1S/C21H26O6/c1-24-18-7-5-13(11-20(18)26-3)8-15-12-27-21(23)16(15)9-14-4-6-17(22)19(10-14)25-2/h4-7,10-11,15-16,21-23H,8-9,12H2,1-3H3. The van der Waals surface area contributed by atoms with Gasteiger partial charge in [-0.25, -0.2) is 0 Å². The summed E-state index contributed by atoms with van der Waals surface area (Å²) in [6, 6.07) is 11.1. The number of aromatic hydroxyl groups is 1. The van der Waals surface area contributed by atoms with Gasteiger partial charge in [0.15, 0.2) is 29.3 Å². The topological polar surface area (TPSA) is 77.4 Å². The Labute approximate surface area is 159 Å². The number of methoxy groups -OCH3 is 3. The molecule has 0 amide bonds. The number of rotatable bonds is 7. The van der Waals surface area contributed by atoms with Crippen molar-refractivity contribution in [2.45, 2.75) is 19.1 Å². The van der Waals surface area contributed by atoms with Crippen LogP contribution in [0.25, 0.3) is 0 Å². The van der Waals surface area contributed by atoms with E-state index in [2.05, 4.69) is 0 Å². The summed E-state index contributed by atoms with van der Waals surface area (Å²) in [5.74, 6) is 2.03. The van der Waals surface area contributed by atoms with Gasteiger partial charge in [-0.2, -0.15) is 0 Å². The van der Waals surface area contributed by atoms with Gasteiger partial charge in [0.2, 0.25) is 0 Å². The van der Waals surface area contributed by atoms with E-state index in [-0.39, 0.29) is 17.6 Å². The zero-order valence-electron chi connectivity index (χ0n) is 15.8. The number of phenols is 1. The molecule has 0 aromatic heterocycles. The highest BCUT2D eigenvalue weighted by Crippen LogP contribution is 2.35. The molecule has 1 heterocycles. The highest BCUT2D eigenvalue weighted by Gasteiger charge is 2.36. The molecule has 146 valence electrons. The van der Waals surface area contributed by atoms with E-state index in [0.29, 0.717) is 30.3 Å². The molecule has 0 radical (unpaired) electrons. The van der Waals surface area contributed by atoms with Crippen LogP contribution in [0.3, 0.4) is 0 Å². The van der Waals surface area contributed by atoms with Crippen molar-refractivity contribution in [3.63, 3.8) is 0 Å². The monoisotopic (exact) mass is 374 g/mol. The first-order valence-electron chi connectivity index (χ1n) is 8.92. The van der Waals surface area contributed by atoms with Gasteiger partial charge in [-0.15, -0.1) is 0 Å². The molecule has 0 spiro atoms. The van der Waals surface area contributed by atoms with E-state index >= 15 is 0 Å². The smallest absolute Gasteiger partial charge is 0.160 e. The van der Waals surface area contributed by atoms with Gasteiger partial charge in [-0.05, 0) is 54.2 Å². The lowest BCUT2D eigenvalue weighted by molar-refractivity contribution is -0.0820. The van der Waals surface area contributed by atoms with Crippen LogP contribution in [-0.2, 0) is 17.6 Å². The quantitative estimate of drug-likeness (QED) is 0.776. The first-order chi connectivity index (χ1) is 13.0. The summed E-state index contributed by atoms with van der Waals surface area (Å²) in [4.78, 5) is 0. The molecule has 3 unspecified atom stereocenters. The highest BCUT2D eigenvalue weighted by atomic mass is 16.6. The normalized spacial score (nSPS) is 21.9. The Bertz CT molecular complexity index is 775. The molecule has 1 fully saturated rings. The van der Waals surface area contributed by atoms with Crippen LogP contribution in [-0.4, -0.2) is 44.4 Å². The van der Waals surface area contributed by atoms with Crippen molar-refractivity contribution in [2.75, 3.05) is 27.9 Å². The van der Waals surface area contributed by atoms with E-state index < -0.39 is 6.29 Å². The average Bonchev–Trinajstić information content (AvgIpc) is 3.02. The van der Waals surface area contributed by atoms with Crippen LogP contribution in [0.4, 0.5) is 0 Å². The minimum absolute atomic E-state index is 0.0488. The van der Waals surface area contributed by atoms with Crippen molar-refractivity contribution in [1.82, 2.24) is 0 Å². The lowest BCUT2D eigenvalue weighted by atomic mass is 9.84. The van der Waals surface area contributed by atoms with Crippen molar-refractivity contribution >= 4 is 0 Å². The van der Waals surface area contributed by atoms with Gasteiger partial charge in [-0.3, -0.25) is 0 Å². The van der Waals surface area contributed by atoms with Gasteiger partial charge in [0.25, 0.3) is 0 Å². The fourth-order valence-corrected chi connectivity index (χ4v) is 3.61. The van der Waals surface area contributed by atoms with Gasteiger partial charge < -0.3 is 29.2 Å². The molecule has 0 aliphatic carbocycles. The van der Waals surface area contributed by atoms with Gasteiger partial charge in [-0.1, -0.05) is 12.1 Å². The second kappa shape index (κ2) is 8.50. The second-order valence-corrected chi connectivity index (χ2v) is 6.75. The fourth-order valence-electron chi connectivity index (χ4n) is 3.61. The zero-order valence-corrected chi connectivity index (χ0v) is 15.8. The summed E-state index contributed by atoms with van der Waals surface area (Å²) in [6.45, 7) is 0.495. The Morgan fingerprint density at radius 2 is 1.52 bits per heavy atom. The zero-order chi connectivity index (χ0) is 19.4. The Hall–Kier alpha value is -2.44. The molecule has 6 heteroatoms. The van der Waals surface area contributed by atoms with Gasteiger partial charge >= 0.3 is 0 Å². The molecular formula is C21H26O6. The van der Waals surface area contributed by atoms with E-state index in [9.17, 15) is 10.2 Å². The molecule has 2 aromatic rings. The summed E-state index contributed by atoms with van der Waals surface area (Å²) in [5.41, 5.74) is 2.08. The summed E-state index contributed by atoms with van der Waals surface area (Å²) < 4.78 is 21.4. The largest absolute Gasteiger partial charge is 0.504 e. The molecule has 6 nitrogen and oxygen atoms in total. The van der Waals surface area contributed by atoms with Crippen LogP contribution >= 0.6 is 0 Å². The molecule has 3 atom stereocenters. The minimum Gasteiger partial charge on any atom is -0.504 e. The second-order valence-electron chi connectivity index (χ2n) is 6.75. The van der Waals surface area contributed by atoms with E-state index in [4.69, 9.17) is 18.9 Å². The molecule has 1 saturated heterocycles. The van der Waals surface area contributed by atoms with Gasteiger partial charge in [0, 0.05) is 5.92 Å². The number of aliphatic hydroxyl groups excluding tert-OH is 1. The number of hydrogen-bond donors (Lipinski definition) is 2. The third-order valence-corrected chi connectivity index (χ3v) is 5.11. The third-order valence-electron chi connectivity index (χ3n) is 5.11. The molecule has 2 N–H and O–H groups in total. The summed E-state index contributed by atoms with van der Waals surface area (Å²) >= 11 is 0. The molecule has 0 saturated carbocycles. The molecule has 0 bridgehead atoms. The maximum absolute atomic E-state index is 10.3. The maximum atomic E-state index is 10.3. The van der Waals surface area contributed by atoms with E-state index in [1.165, 1.54) is 7.11 Å². The number of ether oxygens (including phenoxy) is 4. The van der Waals surface area contributed by atoms with Gasteiger partial charge in [0.1, 0.15) is 0 Å². The van der Waals surface area contributed by atoms with Crippen LogP contribution in [0, 0.1) is 11.8 Å². The number of benzene rings is 2. The first kappa shape index (κ1) is 19.3. The Morgan fingerprint density at radius 1 is 0.889 bits per heavy atom.